The standard InChI is InChI=1S/C7H4Cl4OSi/c8-7(12)5-2-1-3-6(4-5)13(9,10)11/h1-4H. The van der Waals surface area contributed by atoms with E-state index in [2.05, 4.69) is 0 Å². The molecule has 1 aromatic rings. The third kappa shape index (κ3) is 3.15. The van der Waals surface area contributed by atoms with Gasteiger partial charge in [-0.25, -0.2) is 0 Å². The van der Waals surface area contributed by atoms with E-state index in [1.54, 1.807) is 18.2 Å². The van der Waals surface area contributed by atoms with Crippen molar-refractivity contribution in [2.45, 2.75) is 0 Å². The molecule has 0 aliphatic carbocycles. The number of benzene rings is 1. The Morgan fingerprint density at radius 3 is 2.31 bits per heavy atom. The van der Waals surface area contributed by atoms with Gasteiger partial charge in [0.15, 0.2) is 0 Å². The smallest absolute Gasteiger partial charge is 0.276 e. The number of halogens is 4. The van der Waals surface area contributed by atoms with Crippen LogP contribution in [0.15, 0.2) is 24.3 Å². The normalized spacial score (nSPS) is 11.4. The second-order valence-corrected chi connectivity index (χ2v) is 11.1. The molecule has 0 aliphatic heterocycles. The van der Waals surface area contributed by atoms with Crippen molar-refractivity contribution in [3.63, 3.8) is 0 Å². The molecule has 70 valence electrons. The second kappa shape index (κ2) is 4.19. The van der Waals surface area contributed by atoms with Crippen LogP contribution in [0.1, 0.15) is 10.4 Å². The van der Waals surface area contributed by atoms with Crippen LogP contribution < -0.4 is 5.19 Å². The van der Waals surface area contributed by atoms with Crippen molar-refractivity contribution in [2.75, 3.05) is 0 Å². The molecule has 6 heteroatoms. The summed E-state index contributed by atoms with van der Waals surface area (Å²) in [6.07, 6.45) is 0. The molecule has 1 rings (SSSR count). The first-order chi connectivity index (χ1) is 5.91. The minimum Gasteiger partial charge on any atom is -0.276 e. The number of carbonyl (C=O) groups is 1. The highest BCUT2D eigenvalue weighted by Gasteiger charge is 2.28. The lowest BCUT2D eigenvalue weighted by molar-refractivity contribution is 0.108. The molecule has 0 radical (unpaired) electrons. The monoisotopic (exact) mass is 272 g/mol. The van der Waals surface area contributed by atoms with Gasteiger partial charge in [0.25, 0.3) is 5.24 Å². The molecular formula is C7H4Cl4OSi. The number of carbonyl (C=O) groups excluding carboxylic acids is 1. The molecule has 0 heterocycles. The van der Waals surface area contributed by atoms with Gasteiger partial charge in [0, 0.05) is 5.56 Å². The van der Waals surface area contributed by atoms with Gasteiger partial charge in [-0.3, -0.25) is 4.79 Å². The lowest BCUT2D eigenvalue weighted by atomic mass is 10.2. The summed E-state index contributed by atoms with van der Waals surface area (Å²) in [5.74, 6) is 0. The van der Waals surface area contributed by atoms with E-state index in [1.165, 1.54) is 6.07 Å². The van der Waals surface area contributed by atoms with E-state index in [1.807, 2.05) is 0 Å². The average Bonchev–Trinajstić information content (AvgIpc) is 2.03. The Morgan fingerprint density at radius 1 is 1.23 bits per heavy atom. The van der Waals surface area contributed by atoms with Crippen LogP contribution in [0.3, 0.4) is 0 Å². The maximum absolute atomic E-state index is 10.8. The minimum absolute atomic E-state index is 0.345. The fourth-order valence-electron chi connectivity index (χ4n) is 0.818. The number of hydrogen-bond acceptors (Lipinski definition) is 1. The van der Waals surface area contributed by atoms with Gasteiger partial charge in [-0.15, -0.1) is 33.2 Å². The zero-order valence-electron chi connectivity index (χ0n) is 6.23. The van der Waals surface area contributed by atoms with Crippen molar-refractivity contribution in [3.8, 4) is 0 Å². The van der Waals surface area contributed by atoms with Crippen LogP contribution in [-0.2, 0) is 0 Å². The molecule has 0 amide bonds. The SMILES string of the molecule is O=C(Cl)c1cccc([Si](Cl)(Cl)Cl)c1. The number of hydrogen-bond donors (Lipinski definition) is 0. The molecule has 0 unspecified atom stereocenters. The second-order valence-electron chi connectivity index (χ2n) is 2.35. The minimum atomic E-state index is -2.90. The highest BCUT2D eigenvalue weighted by Crippen LogP contribution is 2.20. The maximum atomic E-state index is 10.8. The third-order valence-electron chi connectivity index (χ3n) is 1.42. The van der Waals surface area contributed by atoms with Gasteiger partial charge in [-0.2, -0.15) is 0 Å². The van der Waals surface area contributed by atoms with Crippen LogP contribution in [0.5, 0.6) is 0 Å². The quantitative estimate of drug-likeness (QED) is 0.460. The molecule has 0 bridgehead atoms. The molecule has 0 aromatic heterocycles. The van der Waals surface area contributed by atoms with Gasteiger partial charge in [-0.05, 0) is 22.9 Å². The number of rotatable bonds is 2. The van der Waals surface area contributed by atoms with Gasteiger partial charge in [0.1, 0.15) is 0 Å². The van der Waals surface area contributed by atoms with Crippen molar-refractivity contribution in [3.05, 3.63) is 29.8 Å². The molecule has 13 heavy (non-hydrogen) atoms. The van der Waals surface area contributed by atoms with Gasteiger partial charge >= 0.3 is 6.00 Å². The van der Waals surface area contributed by atoms with E-state index in [0.29, 0.717) is 10.8 Å². The predicted octanol–water partition coefficient (Wildman–Crippen LogP) is 2.93. The third-order valence-corrected chi connectivity index (χ3v) is 4.56. The first-order valence-corrected chi connectivity index (χ1v) is 8.69. The van der Waals surface area contributed by atoms with Crippen LogP contribution in [0, 0.1) is 0 Å². The Kier molecular flexibility index (Phi) is 3.66. The highest BCUT2D eigenvalue weighted by molar-refractivity contribution is 7.69. The molecule has 0 spiro atoms. The van der Waals surface area contributed by atoms with E-state index < -0.39 is 11.2 Å². The molecular weight excluding hydrogens is 270 g/mol. The Hall–Kier alpha value is 0.267. The van der Waals surface area contributed by atoms with Crippen LogP contribution in [0.4, 0.5) is 0 Å². The van der Waals surface area contributed by atoms with E-state index in [0.717, 1.165) is 0 Å². The average molecular weight is 274 g/mol. The van der Waals surface area contributed by atoms with Gasteiger partial charge in [0.2, 0.25) is 0 Å². The Bertz CT molecular complexity index is 334. The van der Waals surface area contributed by atoms with Gasteiger partial charge in [-0.1, -0.05) is 18.2 Å². The summed E-state index contributed by atoms with van der Waals surface area (Å²) in [5, 5.41) is 0.00843. The lowest BCUT2D eigenvalue weighted by Gasteiger charge is -2.07. The van der Waals surface area contributed by atoms with Crippen LogP contribution in [0.2, 0.25) is 0 Å². The fourth-order valence-corrected chi connectivity index (χ4v) is 2.60. The molecule has 0 saturated carbocycles. The summed E-state index contributed by atoms with van der Waals surface area (Å²) in [7, 11) is 0. The summed E-state index contributed by atoms with van der Waals surface area (Å²) < 4.78 is 0. The van der Waals surface area contributed by atoms with Crippen molar-refractivity contribution >= 4 is 61.3 Å². The van der Waals surface area contributed by atoms with E-state index in [-0.39, 0.29) is 0 Å². The summed E-state index contributed by atoms with van der Waals surface area (Å²) in [6, 6.07) is 3.48. The molecule has 0 N–H and O–H groups in total. The Labute approximate surface area is 95.7 Å². The van der Waals surface area contributed by atoms with Gasteiger partial charge in [0.05, 0.1) is 0 Å². The van der Waals surface area contributed by atoms with Crippen LogP contribution in [-0.4, -0.2) is 11.2 Å². The molecule has 0 fully saturated rings. The summed E-state index contributed by atoms with van der Waals surface area (Å²) >= 11 is 22.5. The van der Waals surface area contributed by atoms with Crippen molar-refractivity contribution in [1.29, 1.82) is 0 Å². The summed E-state index contributed by atoms with van der Waals surface area (Å²) in [5.41, 5.74) is 0.345. The van der Waals surface area contributed by atoms with Crippen molar-refractivity contribution < 1.29 is 4.79 Å². The molecule has 1 nitrogen and oxygen atoms in total. The summed E-state index contributed by atoms with van der Waals surface area (Å²) in [4.78, 5) is 10.8. The first-order valence-electron chi connectivity index (χ1n) is 3.28. The van der Waals surface area contributed by atoms with Gasteiger partial charge < -0.3 is 0 Å². The predicted molar refractivity (Wildman–Crippen MR) is 59.6 cm³/mol. The maximum Gasteiger partial charge on any atom is 0.372 e. The molecule has 1 aromatic carbocycles. The fraction of sp³-hybridized carbons (Fsp3) is 0. The highest BCUT2D eigenvalue weighted by atomic mass is 35.8. The topological polar surface area (TPSA) is 17.1 Å². The van der Waals surface area contributed by atoms with E-state index in [4.69, 9.17) is 44.8 Å². The van der Waals surface area contributed by atoms with E-state index >= 15 is 0 Å². The lowest BCUT2D eigenvalue weighted by Crippen LogP contribution is -2.30. The Balaban J connectivity index is 3.13. The van der Waals surface area contributed by atoms with Crippen molar-refractivity contribution in [2.24, 2.45) is 0 Å². The molecule has 0 saturated heterocycles. The Morgan fingerprint density at radius 2 is 1.85 bits per heavy atom. The van der Waals surface area contributed by atoms with Crippen LogP contribution >= 0.6 is 44.8 Å². The molecule has 0 aliphatic rings. The van der Waals surface area contributed by atoms with Crippen LogP contribution in [0.25, 0.3) is 0 Å². The largest absolute Gasteiger partial charge is 0.372 e. The summed E-state index contributed by atoms with van der Waals surface area (Å²) in [6.45, 7) is 0. The first kappa shape index (κ1) is 11.3. The zero-order chi connectivity index (χ0) is 10.1. The zero-order valence-corrected chi connectivity index (χ0v) is 10.3. The van der Waals surface area contributed by atoms with E-state index in [9.17, 15) is 4.79 Å². The molecule has 0 atom stereocenters. The van der Waals surface area contributed by atoms with Crippen molar-refractivity contribution in [1.82, 2.24) is 0 Å².